The zero-order valence-corrected chi connectivity index (χ0v) is 21.4. The molecule has 0 bridgehead atoms. The summed E-state index contributed by atoms with van der Waals surface area (Å²) in [5, 5.41) is 0. The Morgan fingerprint density at radius 3 is 2.50 bits per heavy atom. The first-order chi connectivity index (χ1) is 17.5. The lowest BCUT2D eigenvalue weighted by atomic mass is 10.1. The predicted molar refractivity (Wildman–Crippen MR) is 139 cm³/mol. The molecule has 3 heterocycles. The molecule has 5 rings (SSSR count). The van der Waals surface area contributed by atoms with Gasteiger partial charge in [-0.2, -0.15) is 4.31 Å². The third-order valence-electron chi connectivity index (χ3n) is 6.97. The summed E-state index contributed by atoms with van der Waals surface area (Å²) in [7, 11) is -1.80. The molecular weight excluding hydrogens is 474 g/mol. The van der Waals surface area contributed by atoms with Gasteiger partial charge in [0.1, 0.15) is 18.0 Å². The molecule has 2 aromatic carbocycles. The molecule has 3 atom stereocenters. The zero-order chi connectivity index (χ0) is 25.0. The molecule has 2 aliphatic heterocycles. The molecule has 1 aromatic heterocycles. The van der Waals surface area contributed by atoms with E-state index in [1.165, 1.54) is 5.56 Å². The van der Waals surface area contributed by atoms with Crippen molar-refractivity contribution in [2.45, 2.75) is 43.4 Å². The van der Waals surface area contributed by atoms with Crippen LogP contribution in [0.4, 0.5) is 0 Å². The lowest BCUT2D eigenvalue weighted by Gasteiger charge is -2.24. The average Bonchev–Trinajstić information content (AvgIpc) is 3.53. The minimum atomic E-state index is -3.51. The molecule has 36 heavy (non-hydrogen) atoms. The van der Waals surface area contributed by atoms with Crippen LogP contribution >= 0.6 is 0 Å². The number of hydrogen-bond donors (Lipinski definition) is 0. The van der Waals surface area contributed by atoms with E-state index < -0.39 is 10.0 Å². The van der Waals surface area contributed by atoms with Gasteiger partial charge in [-0.15, -0.1) is 0 Å². The maximum absolute atomic E-state index is 13.4. The zero-order valence-electron chi connectivity index (χ0n) is 20.6. The Bertz CT molecular complexity index is 1240. The van der Waals surface area contributed by atoms with E-state index in [1.54, 1.807) is 17.6 Å². The summed E-state index contributed by atoms with van der Waals surface area (Å²) in [5.41, 5.74) is 2.78. The molecule has 0 saturated carbocycles. The normalized spacial score (nSPS) is 23.2. The number of hydrogen-bond acceptors (Lipinski definition) is 6. The van der Waals surface area contributed by atoms with Crippen LogP contribution in [0, 0.1) is 0 Å². The van der Waals surface area contributed by atoms with E-state index in [-0.39, 0.29) is 24.0 Å². The van der Waals surface area contributed by atoms with Gasteiger partial charge in [0.2, 0.25) is 10.0 Å². The van der Waals surface area contributed by atoms with Crippen LogP contribution in [0.3, 0.4) is 0 Å². The molecule has 0 N–H and O–H groups in total. The smallest absolute Gasteiger partial charge is 0.218 e. The summed E-state index contributed by atoms with van der Waals surface area (Å²) < 4.78 is 40.4. The fourth-order valence-corrected chi connectivity index (χ4v) is 7.02. The van der Waals surface area contributed by atoms with Crippen molar-refractivity contribution in [2.24, 2.45) is 0 Å². The highest BCUT2D eigenvalue weighted by Gasteiger charge is 2.37. The van der Waals surface area contributed by atoms with Crippen molar-refractivity contribution >= 4 is 10.0 Å². The number of pyridine rings is 1. The fraction of sp³-hybridized carbons (Fsp3) is 0.393. The molecule has 1 unspecified atom stereocenters. The SMILES string of the molecule is CO[C@@H]1CN(Cc2ccccc2)C[C@H]1Oc1cccc(CS(=O)(=O)N2CCCC2c2ccccn2)c1. The summed E-state index contributed by atoms with van der Waals surface area (Å²) in [6.45, 7) is 2.89. The lowest BCUT2D eigenvalue weighted by molar-refractivity contribution is 0.0340. The quantitative estimate of drug-likeness (QED) is 0.436. The van der Waals surface area contributed by atoms with Crippen molar-refractivity contribution in [1.82, 2.24) is 14.2 Å². The molecule has 0 aliphatic carbocycles. The number of methoxy groups -OCH3 is 1. The molecule has 2 saturated heterocycles. The highest BCUT2D eigenvalue weighted by molar-refractivity contribution is 7.88. The number of likely N-dealkylation sites (tertiary alicyclic amines) is 1. The van der Waals surface area contributed by atoms with Crippen molar-refractivity contribution < 1.29 is 17.9 Å². The van der Waals surface area contributed by atoms with Crippen LogP contribution in [0.15, 0.2) is 79.0 Å². The molecule has 3 aromatic rings. The van der Waals surface area contributed by atoms with Crippen LogP contribution < -0.4 is 4.74 Å². The second-order valence-corrected chi connectivity index (χ2v) is 11.5. The fourth-order valence-electron chi connectivity index (χ4n) is 5.25. The molecule has 0 amide bonds. The summed E-state index contributed by atoms with van der Waals surface area (Å²) in [5.74, 6) is 0.602. The van der Waals surface area contributed by atoms with E-state index >= 15 is 0 Å². The number of ether oxygens (including phenoxy) is 2. The lowest BCUT2D eigenvalue weighted by Crippen LogP contribution is -2.32. The van der Waals surface area contributed by atoms with Gasteiger partial charge in [0.15, 0.2) is 0 Å². The summed E-state index contributed by atoms with van der Waals surface area (Å²) in [6.07, 6.45) is 3.17. The predicted octanol–water partition coefficient (Wildman–Crippen LogP) is 4.03. The van der Waals surface area contributed by atoms with Gasteiger partial charge in [-0.05, 0) is 48.2 Å². The van der Waals surface area contributed by atoms with Crippen LogP contribution in [-0.4, -0.2) is 61.6 Å². The van der Waals surface area contributed by atoms with Crippen molar-refractivity contribution in [2.75, 3.05) is 26.7 Å². The highest BCUT2D eigenvalue weighted by Crippen LogP contribution is 2.34. The Kier molecular flexibility index (Phi) is 7.67. The van der Waals surface area contributed by atoms with E-state index in [1.807, 2.05) is 60.7 Å². The summed E-state index contributed by atoms with van der Waals surface area (Å²) in [4.78, 5) is 6.74. The average molecular weight is 508 g/mol. The second-order valence-electron chi connectivity index (χ2n) is 9.54. The van der Waals surface area contributed by atoms with E-state index in [0.717, 1.165) is 38.2 Å². The molecule has 190 valence electrons. The minimum Gasteiger partial charge on any atom is -0.486 e. The summed E-state index contributed by atoms with van der Waals surface area (Å²) in [6, 6.07) is 23.3. The van der Waals surface area contributed by atoms with Crippen molar-refractivity contribution in [3.63, 3.8) is 0 Å². The van der Waals surface area contributed by atoms with Crippen molar-refractivity contribution in [1.29, 1.82) is 0 Å². The van der Waals surface area contributed by atoms with Gasteiger partial charge in [0.05, 0.1) is 17.5 Å². The first-order valence-electron chi connectivity index (χ1n) is 12.5. The Labute approximate surface area is 213 Å². The van der Waals surface area contributed by atoms with Gasteiger partial charge in [0, 0.05) is 39.5 Å². The molecule has 2 aliphatic rings. The standard InChI is InChI=1S/C28H33N3O4S/c1-34-27-19-30(18-22-9-3-2-4-10-22)20-28(27)35-24-12-7-11-23(17-24)21-36(32,33)31-16-8-14-26(31)25-13-5-6-15-29-25/h2-7,9-13,15,17,26-28H,8,14,16,18-21H2,1H3/t26?,27-,28-/m1/s1. The van der Waals surface area contributed by atoms with Crippen LogP contribution in [0.1, 0.15) is 35.7 Å². The third kappa shape index (κ3) is 5.78. The van der Waals surface area contributed by atoms with Crippen LogP contribution in [0.25, 0.3) is 0 Å². The first-order valence-corrected chi connectivity index (χ1v) is 14.1. The first kappa shape index (κ1) is 24.9. The second kappa shape index (κ2) is 11.1. The Morgan fingerprint density at radius 1 is 0.944 bits per heavy atom. The van der Waals surface area contributed by atoms with E-state index in [2.05, 4.69) is 22.0 Å². The topological polar surface area (TPSA) is 72.0 Å². The molecule has 2 fully saturated rings. The third-order valence-corrected chi connectivity index (χ3v) is 8.82. The largest absolute Gasteiger partial charge is 0.486 e. The molecule has 0 radical (unpaired) electrons. The van der Waals surface area contributed by atoms with Crippen LogP contribution in [-0.2, 0) is 27.1 Å². The number of aromatic nitrogens is 1. The minimum absolute atomic E-state index is 0.0511. The van der Waals surface area contributed by atoms with Crippen LogP contribution in [0.5, 0.6) is 5.75 Å². The van der Waals surface area contributed by atoms with E-state index in [0.29, 0.717) is 17.9 Å². The molecule has 8 heteroatoms. The van der Waals surface area contributed by atoms with Gasteiger partial charge >= 0.3 is 0 Å². The van der Waals surface area contributed by atoms with Gasteiger partial charge in [-0.3, -0.25) is 9.88 Å². The Morgan fingerprint density at radius 2 is 1.72 bits per heavy atom. The number of benzene rings is 2. The van der Waals surface area contributed by atoms with Crippen molar-refractivity contribution in [3.8, 4) is 5.75 Å². The molecular formula is C28H33N3O4S. The maximum Gasteiger partial charge on any atom is 0.218 e. The maximum atomic E-state index is 13.4. The Balaban J connectivity index is 1.25. The number of nitrogens with zero attached hydrogens (tertiary/aromatic N) is 3. The number of sulfonamides is 1. The van der Waals surface area contributed by atoms with Crippen molar-refractivity contribution in [3.05, 3.63) is 95.8 Å². The molecule has 7 nitrogen and oxygen atoms in total. The van der Waals surface area contributed by atoms with E-state index in [4.69, 9.17) is 9.47 Å². The molecule has 0 spiro atoms. The van der Waals surface area contributed by atoms with E-state index in [9.17, 15) is 8.42 Å². The monoisotopic (exact) mass is 507 g/mol. The summed E-state index contributed by atoms with van der Waals surface area (Å²) >= 11 is 0. The number of rotatable bonds is 9. The van der Waals surface area contributed by atoms with Gasteiger partial charge in [-0.1, -0.05) is 48.5 Å². The Hall–Kier alpha value is -2.78. The highest BCUT2D eigenvalue weighted by atomic mass is 32.2. The van der Waals surface area contributed by atoms with Crippen LogP contribution in [0.2, 0.25) is 0 Å². The van der Waals surface area contributed by atoms with Gasteiger partial charge in [0.25, 0.3) is 0 Å². The van der Waals surface area contributed by atoms with Gasteiger partial charge in [-0.25, -0.2) is 8.42 Å². The van der Waals surface area contributed by atoms with Gasteiger partial charge < -0.3 is 9.47 Å².